The van der Waals surface area contributed by atoms with Gasteiger partial charge in [0, 0.05) is 44.7 Å². The number of amides is 1. The van der Waals surface area contributed by atoms with Crippen LogP contribution in [0.4, 0.5) is 0 Å². The van der Waals surface area contributed by atoms with Crippen molar-refractivity contribution in [2.75, 3.05) is 26.2 Å². The molecule has 1 aromatic rings. The highest BCUT2D eigenvalue weighted by molar-refractivity contribution is 5.78. The van der Waals surface area contributed by atoms with Gasteiger partial charge in [0.2, 0.25) is 5.91 Å². The third-order valence-electron chi connectivity index (χ3n) is 4.96. The van der Waals surface area contributed by atoms with Crippen LogP contribution in [0.5, 0.6) is 0 Å². The first-order valence-electron chi connectivity index (χ1n) is 9.47. The van der Waals surface area contributed by atoms with E-state index >= 15 is 0 Å². The van der Waals surface area contributed by atoms with Crippen molar-refractivity contribution >= 4 is 5.91 Å². The van der Waals surface area contributed by atoms with Gasteiger partial charge in [-0.05, 0) is 31.7 Å². The molecular formula is C20H33N3O2. The van der Waals surface area contributed by atoms with Gasteiger partial charge >= 0.3 is 0 Å². The summed E-state index contributed by atoms with van der Waals surface area (Å²) in [4.78, 5) is 14.3. The number of rotatable bonds is 9. The minimum absolute atomic E-state index is 0.0317. The van der Waals surface area contributed by atoms with Crippen molar-refractivity contribution in [1.29, 1.82) is 0 Å². The molecule has 1 saturated heterocycles. The zero-order valence-electron chi connectivity index (χ0n) is 15.6. The number of likely N-dealkylation sites (tertiary alicyclic amines) is 1. The first kappa shape index (κ1) is 19.9. The number of carbonyl (C=O) groups excluding carboxylic acids is 1. The number of nitrogens with zero attached hydrogens (tertiary/aromatic N) is 1. The molecule has 0 aromatic heterocycles. The molecule has 1 aromatic carbocycles. The summed E-state index contributed by atoms with van der Waals surface area (Å²) in [7, 11) is 0. The quantitative estimate of drug-likeness (QED) is 0.672. The Balaban J connectivity index is 1.53. The Morgan fingerprint density at radius 2 is 1.96 bits per heavy atom. The summed E-state index contributed by atoms with van der Waals surface area (Å²) in [5.41, 5.74) is 7.11. The molecular weight excluding hydrogens is 314 g/mol. The van der Waals surface area contributed by atoms with Crippen LogP contribution >= 0.6 is 0 Å². The molecule has 0 radical (unpaired) electrons. The van der Waals surface area contributed by atoms with Crippen LogP contribution in [0.2, 0.25) is 0 Å². The van der Waals surface area contributed by atoms with Gasteiger partial charge in [0.1, 0.15) is 0 Å². The van der Waals surface area contributed by atoms with Gasteiger partial charge < -0.3 is 15.8 Å². The maximum absolute atomic E-state index is 11.8. The molecule has 1 aliphatic rings. The Kier molecular flexibility index (Phi) is 8.38. The molecule has 1 fully saturated rings. The molecule has 0 spiro atoms. The zero-order chi connectivity index (χ0) is 18.1. The van der Waals surface area contributed by atoms with Crippen LogP contribution < -0.4 is 11.1 Å². The molecule has 0 bridgehead atoms. The summed E-state index contributed by atoms with van der Waals surface area (Å²) in [5, 5.41) is 2.93. The van der Waals surface area contributed by atoms with E-state index in [4.69, 9.17) is 10.5 Å². The summed E-state index contributed by atoms with van der Waals surface area (Å²) in [6.45, 7) is 8.28. The number of hydrogen-bond acceptors (Lipinski definition) is 4. The van der Waals surface area contributed by atoms with Gasteiger partial charge in [0.15, 0.2) is 0 Å². The lowest BCUT2D eigenvalue weighted by Gasteiger charge is -2.32. The second kappa shape index (κ2) is 10.5. The number of piperidine rings is 1. The maximum Gasteiger partial charge on any atom is 0.224 e. The number of nitrogens with two attached hydrogens (primary N) is 1. The zero-order valence-corrected chi connectivity index (χ0v) is 15.6. The molecule has 2 unspecified atom stereocenters. The van der Waals surface area contributed by atoms with Crippen LogP contribution in [0.3, 0.4) is 0 Å². The van der Waals surface area contributed by atoms with Crippen molar-refractivity contribution in [3.63, 3.8) is 0 Å². The molecule has 3 N–H and O–H groups in total. The molecule has 2 atom stereocenters. The number of hydrogen-bond donors (Lipinski definition) is 2. The highest BCUT2D eigenvalue weighted by atomic mass is 16.5. The van der Waals surface area contributed by atoms with Crippen LogP contribution in [0.15, 0.2) is 30.3 Å². The Morgan fingerprint density at radius 3 is 2.60 bits per heavy atom. The third kappa shape index (κ3) is 7.14. The molecule has 1 aliphatic heterocycles. The van der Waals surface area contributed by atoms with Crippen molar-refractivity contribution in [3.8, 4) is 0 Å². The van der Waals surface area contributed by atoms with E-state index in [9.17, 15) is 4.79 Å². The SMILES string of the molecule is CC(N)C(C)C(=O)NCCCOC1CCN(Cc2ccccc2)CC1. The first-order valence-corrected chi connectivity index (χ1v) is 9.47. The Morgan fingerprint density at radius 1 is 1.28 bits per heavy atom. The molecule has 140 valence electrons. The Labute approximate surface area is 151 Å². The lowest BCUT2D eigenvalue weighted by atomic mass is 10.0. The first-order chi connectivity index (χ1) is 12.1. The van der Waals surface area contributed by atoms with E-state index in [1.54, 1.807) is 0 Å². The van der Waals surface area contributed by atoms with Crippen LogP contribution in [0.25, 0.3) is 0 Å². The van der Waals surface area contributed by atoms with Gasteiger partial charge in [-0.25, -0.2) is 0 Å². The predicted octanol–water partition coefficient (Wildman–Crippen LogP) is 2.16. The van der Waals surface area contributed by atoms with Crippen LogP contribution in [-0.4, -0.2) is 49.2 Å². The highest BCUT2D eigenvalue weighted by Gasteiger charge is 2.20. The topological polar surface area (TPSA) is 67.6 Å². The van der Waals surface area contributed by atoms with Gasteiger partial charge in [0.25, 0.3) is 0 Å². The minimum atomic E-state index is -0.144. The van der Waals surface area contributed by atoms with Gasteiger partial charge in [-0.2, -0.15) is 0 Å². The Bertz CT molecular complexity index is 499. The molecule has 5 heteroatoms. The lowest BCUT2D eigenvalue weighted by molar-refractivity contribution is -0.125. The van der Waals surface area contributed by atoms with E-state index < -0.39 is 0 Å². The van der Waals surface area contributed by atoms with E-state index in [0.29, 0.717) is 19.3 Å². The van der Waals surface area contributed by atoms with Crippen molar-refractivity contribution < 1.29 is 9.53 Å². The lowest BCUT2D eigenvalue weighted by Crippen LogP contribution is -2.39. The molecule has 0 aliphatic carbocycles. The average molecular weight is 348 g/mol. The second-order valence-corrected chi connectivity index (χ2v) is 7.12. The summed E-state index contributed by atoms with van der Waals surface area (Å²) >= 11 is 0. The van der Waals surface area contributed by atoms with Crippen LogP contribution in [0, 0.1) is 5.92 Å². The fourth-order valence-corrected chi connectivity index (χ4v) is 3.01. The minimum Gasteiger partial charge on any atom is -0.378 e. The molecule has 1 amide bonds. The van der Waals surface area contributed by atoms with Gasteiger partial charge in [-0.1, -0.05) is 37.3 Å². The fraction of sp³-hybridized carbons (Fsp3) is 0.650. The largest absolute Gasteiger partial charge is 0.378 e. The summed E-state index contributed by atoms with van der Waals surface area (Å²) in [6.07, 6.45) is 3.37. The number of carbonyl (C=O) groups is 1. The monoisotopic (exact) mass is 347 g/mol. The van der Waals surface area contributed by atoms with E-state index in [1.165, 1.54) is 5.56 Å². The van der Waals surface area contributed by atoms with Gasteiger partial charge in [-0.3, -0.25) is 9.69 Å². The molecule has 0 saturated carbocycles. The van der Waals surface area contributed by atoms with E-state index in [0.717, 1.165) is 38.9 Å². The third-order valence-corrected chi connectivity index (χ3v) is 4.96. The van der Waals surface area contributed by atoms with Gasteiger partial charge in [-0.15, -0.1) is 0 Å². The number of ether oxygens (including phenoxy) is 1. The maximum atomic E-state index is 11.8. The fourth-order valence-electron chi connectivity index (χ4n) is 3.01. The number of nitrogens with one attached hydrogen (secondary N) is 1. The normalized spacial score (nSPS) is 18.7. The summed E-state index contributed by atoms with van der Waals surface area (Å²) in [5.74, 6) is -0.112. The second-order valence-electron chi connectivity index (χ2n) is 7.12. The van der Waals surface area contributed by atoms with E-state index in [2.05, 4.69) is 40.5 Å². The predicted molar refractivity (Wildman–Crippen MR) is 101 cm³/mol. The standard InChI is InChI=1S/C20H33N3O2/c1-16(17(2)21)20(24)22-11-6-14-25-19-9-12-23(13-10-19)15-18-7-4-3-5-8-18/h3-5,7-8,16-17,19H,6,9-15,21H2,1-2H3,(H,22,24). The molecule has 25 heavy (non-hydrogen) atoms. The highest BCUT2D eigenvalue weighted by Crippen LogP contribution is 2.16. The molecule has 5 nitrogen and oxygen atoms in total. The smallest absolute Gasteiger partial charge is 0.224 e. The van der Waals surface area contributed by atoms with E-state index in [1.807, 2.05) is 13.8 Å². The Hall–Kier alpha value is -1.43. The van der Waals surface area contributed by atoms with Crippen molar-refractivity contribution in [1.82, 2.24) is 10.2 Å². The molecule has 2 rings (SSSR count). The van der Waals surface area contributed by atoms with Crippen molar-refractivity contribution in [2.45, 2.75) is 51.8 Å². The summed E-state index contributed by atoms with van der Waals surface area (Å²) in [6, 6.07) is 10.5. The van der Waals surface area contributed by atoms with Crippen LogP contribution in [-0.2, 0) is 16.1 Å². The van der Waals surface area contributed by atoms with Crippen molar-refractivity contribution in [3.05, 3.63) is 35.9 Å². The summed E-state index contributed by atoms with van der Waals surface area (Å²) < 4.78 is 5.97. The number of benzene rings is 1. The van der Waals surface area contributed by atoms with Crippen molar-refractivity contribution in [2.24, 2.45) is 11.7 Å². The average Bonchev–Trinajstić information content (AvgIpc) is 2.62. The van der Waals surface area contributed by atoms with Gasteiger partial charge in [0.05, 0.1) is 6.10 Å². The van der Waals surface area contributed by atoms with E-state index in [-0.39, 0.29) is 17.9 Å². The molecule has 1 heterocycles. The van der Waals surface area contributed by atoms with Crippen LogP contribution in [0.1, 0.15) is 38.7 Å².